The van der Waals surface area contributed by atoms with E-state index in [-0.39, 0.29) is 16.8 Å². The molecule has 4 nitrogen and oxygen atoms in total. The summed E-state index contributed by atoms with van der Waals surface area (Å²) < 4.78 is 0. The molecule has 0 unspecified atom stereocenters. The molecule has 0 atom stereocenters. The lowest BCUT2D eigenvalue weighted by atomic mass is 10.2. The predicted octanol–water partition coefficient (Wildman–Crippen LogP) is 4.20. The molecule has 0 fully saturated rings. The number of halogens is 2. The molecule has 108 valence electrons. The Hall–Kier alpha value is -2.04. The largest absolute Gasteiger partial charge is 0.326 e. The molecule has 21 heavy (non-hydrogen) atoms. The summed E-state index contributed by atoms with van der Waals surface area (Å²) in [7, 11) is 0. The average Bonchev–Trinajstić information content (AvgIpc) is 2.43. The summed E-state index contributed by atoms with van der Waals surface area (Å²) >= 11 is 11.9. The lowest BCUT2D eigenvalue weighted by Crippen LogP contribution is -2.13. The molecule has 0 bridgehead atoms. The van der Waals surface area contributed by atoms with E-state index in [0.29, 0.717) is 22.0 Å². The fraction of sp³-hybridized carbons (Fsp3) is 0.0667. The molecule has 2 aromatic carbocycles. The van der Waals surface area contributed by atoms with E-state index in [0.717, 1.165) is 0 Å². The van der Waals surface area contributed by atoms with Gasteiger partial charge >= 0.3 is 0 Å². The Morgan fingerprint density at radius 2 is 1.71 bits per heavy atom. The third kappa shape index (κ3) is 3.97. The molecule has 6 heteroatoms. The molecule has 0 radical (unpaired) electrons. The molecule has 0 aliphatic rings. The summed E-state index contributed by atoms with van der Waals surface area (Å²) in [6, 6.07) is 11.6. The van der Waals surface area contributed by atoms with E-state index >= 15 is 0 Å². The van der Waals surface area contributed by atoms with Crippen molar-refractivity contribution in [3.8, 4) is 0 Å². The average molecular weight is 323 g/mol. The van der Waals surface area contributed by atoms with Crippen LogP contribution >= 0.6 is 23.2 Å². The number of hydrogen-bond acceptors (Lipinski definition) is 2. The Morgan fingerprint density at radius 3 is 2.43 bits per heavy atom. The maximum atomic E-state index is 12.2. The number of anilines is 2. The number of hydrogen-bond donors (Lipinski definition) is 2. The minimum absolute atomic E-state index is 0.203. The fourth-order valence-corrected chi connectivity index (χ4v) is 2.08. The van der Waals surface area contributed by atoms with Gasteiger partial charge in [0.2, 0.25) is 5.91 Å². The molecule has 0 aliphatic heterocycles. The third-order valence-corrected chi connectivity index (χ3v) is 3.46. The standard InChI is InChI=1S/C15H12Cl2N2O2/c1-9(20)18-11-5-2-4-10(8-11)15(21)19-13-7-3-6-12(16)14(13)17/h2-8H,1H3,(H,18,20)(H,19,21). The number of carbonyl (C=O) groups is 2. The second kappa shape index (κ2) is 6.61. The summed E-state index contributed by atoms with van der Waals surface area (Å²) in [6.07, 6.45) is 0. The normalized spacial score (nSPS) is 10.0. The van der Waals surface area contributed by atoms with Crippen LogP contribution in [-0.4, -0.2) is 11.8 Å². The maximum absolute atomic E-state index is 12.2. The first-order valence-electron chi connectivity index (χ1n) is 6.10. The van der Waals surface area contributed by atoms with Crippen molar-refractivity contribution >= 4 is 46.4 Å². The number of amides is 2. The van der Waals surface area contributed by atoms with E-state index in [1.54, 1.807) is 42.5 Å². The number of benzene rings is 2. The predicted molar refractivity (Wildman–Crippen MR) is 85.2 cm³/mol. The zero-order chi connectivity index (χ0) is 15.4. The second-order valence-corrected chi connectivity index (χ2v) is 5.10. The van der Waals surface area contributed by atoms with Crippen LogP contribution in [0.3, 0.4) is 0 Å². The summed E-state index contributed by atoms with van der Waals surface area (Å²) in [5, 5.41) is 5.94. The van der Waals surface area contributed by atoms with Gasteiger partial charge in [-0.3, -0.25) is 9.59 Å². The highest BCUT2D eigenvalue weighted by molar-refractivity contribution is 6.44. The highest BCUT2D eigenvalue weighted by atomic mass is 35.5. The Morgan fingerprint density at radius 1 is 1.00 bits per heavy atom. The van der Waals surface area contributed by atoms with Crippen LogP contribution in [0.15, 0.2) is 42.5 Å². The monoisotopic (exact) mass is 322 g/mol. The smallest absolute Gasteiger partial charge is 0.255 e. The van der Waals surface area contributed by atoms with Gasteiger partial charge in [-0.2, -0.15) is 0 Å². The molecule has 0 spiro atoms. The number of nitrogens with one attached hydrogen (secondary N) is 2. The first-order chi connectivity index (χ1) is 9.97. The highest BCUT2D eigenvalue weighted by Gasteiger charge is 2.11. The van der Waals surface area contributed by atoms with E-state index in [4.69, 9.17) is 23.2 Å². The van der Waals surface area contributed by atoms with E-state index in [9.17, 15) is 9.59 Å². The molecule has 2 N–H and O–H groups in total. The highest BCUT2D eigenvalue weighted by Crippen LogP contribution is 2.29. The first kappa shape index (κ1) is 15.4. The lowest BCUT2D eigenvalue weighted by molar-refractivity contribution is -0.114. The first-order valence-corrected chi connectivity index (χ1v) is 6.86. The number of carbonyl (C=O) groups excluding carboxylic acids is 2. The van der Waals surface area contributed by atoms with Gasteiger partial charge in [-0.1, -0.05) is 35.3 Å². The van der Waals surface area contributed by atoms with Crippen LogP contribution in [0.2, 0.25) is 10.0 Å². The molecule has 2 rings (SSSR count). The van der Waals surface area contributed by atoms with Gasteiger partial charge in [0.05, 0.1) is 15.7 Å². The van der Waals surface area contributed by atoms with Crippen molar-refractivity contribution in [3.63, 3.8) is 0 Å². The van der Waals surface area contributed by atoms with Crippen LogP contribution in [-0.2, 0) is 4.79 Å². The molecule has 0 saturated carbocycles. The zero-order valence-electron chi connectivity index (χ0n) is 11.1. The minimum Gasteiger partial charge on any atom is -0.326 e. The van der Waals surface area contributed by atoms with Crippen LogP contribution in [0.1, 0.15) is 17.3 Å². The van der Waals surface area contributed by atoms with Crippen molar-refractivity contribution in [3.05, 3.63) is 58.1 Å². The third-order valence-electron chi connectivity index (χ3n) is 2.64. The SMILES string of the molecule is CC(=O)Nc1cccc(C(=O)Nc2cccc(Cl)c2Cl)c1. The van der Waals surface area contributed by atoms with Gasteiger partial charge in [-0.05, 0) is 30.3 Å². The lowest BCUT2D eigenvalue weighted by Gasteiger charge is -2.09. The summed E-state index contributed by atoms with van der Waals surface area (Å²) in [5.41, 5.74) is 1.38. The topological polar surface area (TPSA) is 58.2 Å². The second-order valence-electron chi connectivity index (χ2n) is 4.32. The molecule has 0 saturated heterocycles. The van der Waals surface area contributed by atoms with Crippen molar-refractivity contribution in [2.24, 2.45) is 0 Å². The minimum atomic E-state index is -0.341. The van der Waals surface area contributed by atoms with E-state index in [1.165, 1.54) is 6.92 Å². The van der Waals surface area contributed by atoms with E-state index < -0.39 is 0 Å². The van der Waals surface area contributed by atoms with Gasteiger partial charge in [-0.25, -0.2) is 0 Å². The van der Waals surface area contributed by atoms with Crippen LogP contribution in [0.5, 0.6) is 0 Å². The summed E-state index contributed by atoms with van der Waals surface area (Å²) in [4.78, 5) is 23.2. The van der Waals surface area contributed by atoms with Gasteiger partial charge < -0.3 is 10.6 Å². The Bertz CT molecular complexity index is 702. The fourth-order valence-electron chi connectivity index (χ4n) is 1.74. The molecular formula is C15H12Cl2N2O2. The zero-order valence-corrected chi connectivity index (χ0v) is 12.6. The van der Waals surface area contributed by atoms with Crippen molar-refractivity contribution in [1.82, 2.24) is 0 Å². The Balaban J connectivity index is 2.20. The van der Waals surface area contributed by atoms with Gasteiger partial charge in [-0.15, -0.1) is 0 Å². The molecule has 0 aromatic heterocycles. The van der Waals surface area contributed by atoms with Crippen LogP contribution in [0.25, 0.3) is 0 Å². The Kier molecular flexibility index (Phi) is 4.83. The van der Waals surface area contributed by atoms with E-state index in [1.807, 2.05) is 0 Å². The van der Waals surface area contributed by atoms with Gasteiger partial charge in [0.25, 0.3) is 5.91 Å². The van der Waals surface area contributed by atoms with Gasteiger partial charge in [0.1, 0.15) is 0 Å². The van der Waals surface area contributed by atoms with Crippen molar-refractivity contribution in [2.75, 3.05) is 10.6 Å². The van der Waals surface area contributed by atoms with Crippen LogP contribution in [0.4, 0.5) is 11.4 Å². The number of rotatable bonds is 3. The molecular weight excluding hydrogens is 311 g/mol. The van der Waals surface area contributed by atoms with Crippen LogP contribution < -0.4 is 10.6 Å². The van der Waals surface area contributed by atoms with Crippen molar-refractivity contribution in [2.45, 2.75) is 6.92 Å². The molecule has 0 heterocycles. The Labute approximate surface area is 132 Å². The van der Waals surface area contributed by atoms with Crippen molar-refractivity contribution < 1.29 is 9.59 Å². The van der Waals surface area contributed by atoms with Crippen molar-refractivity contribution in [1.29, 1.82) is 0 Å². The summed E-state index contributed by atoms with van der Waals surface area (Å²) in [6.45, 7) is 1.40. The maximum Gasteiger partial charge on any atom is 0.255 e. The molecule has 2 amide bonds. The molecule has 2 aromatic rings. The molecule has 0 aliphatic carbocycles. The van der Waals surface area contributed by atoms with Crippen LogP contribution in [0, 0.1) is 0 Å². The summed E-state index contributed by atoms with van der Waals surface area (Å²) in [5.74, 6) is -0.545. The van der Waals surface area contributed by atoms with E-state index in [2.05, 4.69) is 10.6 Å². The quantitative estimate of drug-likeness (QED) is 0.889. The van der Waals surface area contributed by atoms with Gasteiger partial charge in [0, 0.05) is 18.2 Å². The van der Waals surface area contributed by atoms with Gasteiger partial charge in [0.15, 0.2) is 0 Å².